The maximum Gasteiger partial charge on any atom is 0.260 e. The third-order valence-corrected chi connectivity index (χ3v) is 2.87. The minimum Gasteiger partial charge on any atom is -0.484 e. The van der Waals surface area contributed by atoms with Crippen LogP contribution in [-0.2, 0) is 9.53 Å². The zero-order chi connectivity index (χ0) is 13.7. The summed E-state index contributed by atoms with van der Waals surface area (Å²) in [5.41, 5.74) is 5.97. The number of hydrogen-bond donors (Lipinski definition) is 2. The zero-order valence-corrected chi connectivity index (χ0v) is 11.8. The lowest BCUT2D eigenvalue weighted by Gasteiger charge is -2.26. The number of amides is 1. The molecule has 3 N–H and O–H groups in total. The first-order chi connectivity index (χ1) is 9.16. The molecule has 0 atom stereocenters. The van der Waals surface area contributed by atoms with Crippen molar-refractivity contribution in [2.24, 2.45) is 5.73 Å². The highest BCUT2D eigenvalue weighted by atomic mass is 35.5. The lowest BCUT2D eigenvalue weighted by atomic mass is 10.2. The van der Waals surface area contributed by atoms with E-state index in [4.69, 9.17) is 20.6 Å². The largest absolute Gasteiger partial charge is 0.484 e. The molecule has 0 radical (unpaired) electrons. The first-order valence-electron chi connectivity index (χ1n) is 6.09. The van der Waals surface area contributed by atoms with Gasteiger partial charge in [0, 0.05) is 18.7 Å². The summed E-state index contributed by atoms with van der Waals surface area (Å²) in [6, 6.07) is 6.85. The number of nitrogens with one attached hydrogen (secondary N) is 1. The van der Waals surface area contributed by atoms with Crippen molar-refractivity contribution in [1.82, 2.24) is 4.90 Å². The number of morpholine rings is 1. The maximum absolute atomic E-state index is 11.9. The molecule has 0 spiro atoms. The molecule has 2 rings (SSSR count). The molecule has 20 heavy (non-hydrogen) atoms. The lowest BCUT2D eigenvalue weighted by Crippen LogP contribution is -2.42. The molecule has 1 aromatic carbocycles. The van der Waals surface area contributed by atoms with Gasteiger partial charge < -0.3 is 20.1 Å². The van der Waals surface area contributed by atoms with Crippen molar-refractivity contribution in [2.75, 3.05) is 32.9 Å². The zero-order valence-electron chi connectivity index (χ0n) is 11.0. The second-order valence-electron chi connectivity index (χ2n) is 4.22. The van der Waals surface area contributed by atoms with E-state index in [1.165, 1.54) is 0 Å². The Morgan fingerprint density at radius 1 is 1.40 bits per heavy atom. The molecule has 1 aromatic rings. The predicted molar refractivity (Wildman–Crippen MR) is 77.6 cm³/mol. The minimum atomic E-state index is -0.0588. The molecule has 0 aliphatic carbocycles. The maximum atomic E-state index is 11.9. The second kappa shape index (κ2) is 7.72. The Hall–Kier alpha value is -1.79. The van der Waals surface area contributed by atoms with Crippen molar-refractivity contribution in [3.63, 3.8) is 0 Å². The fourth-order valence-electron chi connectivity index (χ4n) is 1.80. The monoisotopic (exact) mass is 299 g/mol. The molecule has 0 aromatic heterocycles. The summed E-state index contributed by atoms with van der Waals surface area (Å²) in [6.45, 7) is 2.35. The van der Waals surface area contributed by atoms with E-state index in [0.29, 0.717) is 37.6 Å². The van der Waals surface area contributed by atoms with Gasteiger partial charge >= 0.3 is 0 Å². The number of benzene rings is 1. The summed E-state index contributed by atoms with van der Waals surface area (Å²) in [5.74, 6) is 0.454. The molecule has 0 unspecified atom stereocenters. The summed E-state index contributed by atoms with van der Waals surface area (Å²) in [4.78, 5) is 13.6. The van der Waals surface area contributed by atoms with Gasteiger partial charge in [0.1, 0.15) is 11.6 Å². The fraction of sp³-hybridized carbons (Fsp3) is 0.385. The second-order valence-corrected chi connectivity index (χ2v) is 4.22. The van der Waals surface area contributed by atoms with Crippen LogP contribution in [0.25, 0.3) is 0 Å². The molecule has 1 amide bonds. The molecule has 1 saturated heterocycles. The van der Waals surface area contributed by atoms with Crippen LogP contribution in [0.4, 0.5) is 0 Å². The number of nitrogen functional groups attached to an aromatic ring is 1. The fourth-order valence-corrected chi connectivity index (χ4v) is 1.80. The summed E-state index contributed by atoms with van der Waals surface area (Å²) in [6.07, 6.45) is 0. The van der Waals surface area contributed by atoms with Gasteiger partial charge in [0.05, 0.1) is 13.2 Å². The Bertz CT molecular complexity index is 476. The quantitative estimate of drug-likeness (QED) is 0.630. The number of nitrogens with two attached hydrogens (primary N) is 1. The standard InChI is InChI=1S/C13H17N3O3.ClH/c14-13(15)10-2-1-3-11(8-10)19-9-12(17)16-4-6-18-7-5-16;/h1-3,8H,4-7,9H2,(H3,14,15);1H. The average molecular weight is 300 g/mol. The summed E-state index contributed by atoms with van der Waals surface area (Å²) >= 11 is 0. The highest BCUT2D eigenvalue weighted by molar-refractivity contribution is 5.95. The number of hydrogen-bond acceptors (Lipinski definition) is 4. The Morgan fingerprint density at radius 3 is 2.75 bits per heavy atom. The number of ether oxygens (including phenoxy) is 2. The highest BCUT2D eigenvalue weighted by Gasteiger charge is 2.17. The number of carbonyl (C=O) groups excluding carboxylic acids is 1. The van der Waals surface area contributed by atoms with E-state index in [1.54, 1.807) is 29.2 Å². The summed E-state index contributed by atoms with van der Waals surface area (Å²) in [5, 5.41) is 7.34. The molecule has 7 heteroatoms. The van der Waals surface area contributed by atoms with Crippen LogP contribution in [0.1, 0.15) is 5.56 Å². The minimum absolute atomic E-state index is 0. The van der Waals surface area contributed by atoms with E-state index in [1.807, 2.05) is 0 Å². The van der Waals surface area contributed by atoms with Crippen molar-refractivity contribution in [2.45, 2.75) is 0 Å². The van der Waals surface area contributed by atoms with E-state index in [0.717, 1.165) is 0 Å². The molecule has 0 saturated carbocycles. The van der Waals surface area contributed by atoms with E-state index >= 15 is 0 Å². The molecule has 110 valence electrons. The smallest absolute Gasteiger partial charge is 0.260 e. The Kier molecular flexibility index (Phi) is 6.27. The number of nitrogens with zero attached hydrogens (tertiary/aromatic N) is 1. The number of amidine groups is 1. The van der Waals surface area contributed by atoms with Crippen molar-refractivity contribution in [1.29, 1.82) is 5.41 Å². The molecule has 0 bridgehead atoms. The van der Waals surface area contributed by atoms with Gasteiger partial charge in [-0.3, -0.25) is 10.2 Å². The molecular weight excluding hydrogens is 282 g/mol. The Balaban J connectivity index is 0.00000200. The van der Waals surface area contributed by atoms with Crippen LogP contribution in [0.5, 0.6) is 5.75 Å². The average Bonchev–Trinajstić information content (AvgIpc) is 2.46. The van der Waals surface area contributed by atoms with E-state index in [-0.39, 0.29) is 30.8 Å². The van der Waals surface area contributed by atoms with Crippen LogP contribution < -0.4 is 10.5 Å². The Labute approximate surface area is 123 Å². The van der Waals surface area contributed by atoms with Crippen LogP contribution in [0.2, 0.25) is 0 Å². The van der Waals surface area contributed by atoms with Crippen molar-refractivity contribution >= 4 is 24.1 Å². The molecule has 1 aliphatic heterocycles. The van der Waals surface area contributed by atoms with Crippen LogP contribution in [0.15, 0.2) is 24.3 Å². The van der Waals surface area contributed by atoms with E-state index < -0.39 is 0 Å². The van der Waals surface area contributed by atoms with Gasteiger partial charge in [-0.15, -0.1) is 12.4 Å². The van der Waals surface area contributed by atoms with Crippen LogP contribution in [0.3, 0.4) is 0 Å². The molecule has 1 heterocycles. The number of halogens is 1. The topological polar surface area (TPSA) is 88.6 Å². The lowest BCUT2D eigenvalue weighted by molar-refractivity contribution is -0.137. The molecule has 1 fully saturated rings. The summed E-state index contributed by atoms with van der Waals surface area (Å²) < 4.78 is 10.6. The first kappa shape index (κ1) is 16.3. The third-order valence-electron chi connectivity index (χ3n) is 2.87. The van der Waals surface area contributed by atoms with Gasteiger partial charge in [0.15, 0.2) is 6.61 Å². The van der Waals surface area contributed by atoms with E-state index in [9.17, 15) is 4.79 Å². The summed E-state index contributed by atoms with van der Waals surface area (Å²) in [7, 11) is 0. The SMILES string of the molecule is Cl.N=C(N)c1cccc(OCC(=O)N2CCOCC2)c1. The van der Waals surface area contributed by atoms with Crippen molar-refractivity contribution in [3.05, 3.63) is 29.8 Å². The van der Waals surface area contributed by atoms with Crippen molar-refractivity contribution in [3.8, 4) is 5.75 Å². The van der Waals surface area contributed by atoms with Crippen LogP contribution in [0, 0.1) is 5.41 Å². The van der Waals surface area contributed by atoms with Gasteiger partial charge in [0.2, 0.25) is 0 Å². The molecular formula is C13H18ClN3O3. The number of rotatable bonds is 4. The predicted octanol–water partition coefficient (Wildman–Crippen LogP) is 0.630. The van der Waals surface area contributed by atoms with Crippen molar-refractivity contribution < 1.29 is 14.3 Å². The van der Waals surface area contributed by atoms with Gasteiger partial charge in [-0.05, 0) is 12.1 Å². The normalized spacial score (nSPS) is 14.3. The van der Waals surface area contributed by atoms with Crippen LogP contribution >= 0.6 is 12.4 Å². The third kappa shape index (κ3) is 4.40. The molecule has 1 aliphatic rings. The molecule has 6 nitrogen and oxygen atoms in total. The number of carbonyl (C=O) groups is 1. The van der Waals surface area contributed by atoms with Gasteiger partial charge in [-0.1, -0.05) is 12.1 Å². The van der Waals surface area contributed by atoms with Crippen LogP contribution in [-0.4, -0.2) is 49.6 Å². The van der Waals surface area contributed by atoms with E-state index in [2.05, 4.69) is 0 Å². The van der Waals surface area contributed by atoms with Gasteiger partial charge in [-0.25, -0.2) is 0 Å². The highest BCUT2D eigenvalue weighted by Crippen LogP contribution is 2.13. The van der Waals surface area contributed by atoms with Gasteiger partial charge in [0.25, 0.3) is 5.91 Å². The van der Waals surface area contributed by atoms with Gasteiger partial charge in [-0.2, -0.15) is 0 Å². The first-order valence-corrected chi connectivity index (χ1v) is 6.09. The Morgan fingerprint density at radius 2 is 2.10 bits per heavy atom.